The Morgan fingerprint density at radius 1 is 0.355 bits per heavy atom. The van der Waals surface area contributed by atoms with E-state index in [0.717, 1.165) is 39.3 Å². The first-order valence-corrected chi connectivity index (χ1v) is 10.3. The molecule has 0 aliphatic rings. The van der Waals surface area contributed by atoms with Crippen LogP contribution in [0.15, 0.2) is 139 Å². The van der Waals surface area contributed by atoms with Crippen molar-refractivity contribution in [3.05, 3.63) is 139 Å². The Bertz CT molecular complexity index is 1340. The van der Waals surface area contributed by atoms with Gasteiger partial charge in [-0.15, -0.1) is 0 Å². The molecule has 0 N–H and O–H groups in total. The maximum absolute atomic E-state index is 8.13. The maximum Gasteiger partial charge on any atom is 0.0623 e. The molecule has 0 saturated heterocycles. The van der Waals surface area contributed by atoms with Gasteiger partial charge in [0.2, 0.25) is 0 Å². The van der Waals surface area contributed by atoms with E-state index in [9.17, 15) is 0 Å². The minimum atomic E-state index is 0.454. The van der Waals surface area contributed by atoms with Crippen molar-refractivity contribution in [2.45, 2.75) is 0 Å². The van der Waals surface area contributed by atoms with E-state index in [0.29, 0.717) is 18.1 Å². The van der Waals surface area contributed by atoms with Gasteiger partial charge >= 0.3 is 0 Å². The van der Waals surface area contributed by atoms with Gasteiger partial charge in [-0.3, -0.25) is 0 Å². The van der Waals surface area contributed by atoms with Crippen molar-refractivity contribution < 1.29 is 4.11 Å². The molecule has 0 aliphatic carbocycles. The van der Waals surface area contributed by atoms with E-state index >= 15 is 0 Å². The molecule has 1 heteroatoms. The summed E-state index contributed by atoms with van der Waals surface area (Å²) in [6.07, 6.45) is 0. The summed E-state index contributed by atoms with van der Waals surface area (Å²) in [4.78, 5) is 2.13. The summed E-state index contributed by atoms with van der Waals surface area (Å²) in [5.74, 6) is 0. The summed E-state index contributed by atoms with van der Waals surface area (Å²) in [6, 6.07) is 40.6. The van der Waals surface area contributed by atoms with Crippen LogP contribution in [0.25, 0.3) is 22.3 Å². The normalized spacial score (nSPS) is 11.9. The highest BCUT2D eigenvalue weighted by molar-refractivity contribution is 5.79. The fraction of sp³-hybridized carbons (Fsp3) is 0. The number of nitrogens with zero attached hydrogens (tertiary/aromatic N) is 1. The fourth-order valence-corrected chi connectivity index (χ4v) is 3.72. The summed E-state index contributed by atoms with van der Waals surface area (Å²) < 4.78 is 23.9. The lowest BCUT2D eigenvalue weighted by atomic mass is 10.0. The first kappa shape index (κ1) is 15.7. The second-order valence-corrected chi connectivity index (χ2v) is 7.28. The Hall–Kier alpha value is -4.10. The third-order valence-electron chi connectivity index (χ3n) is 5.28. The fourth-order valence-electron chi connectivity index (χ4n) is 3.72. The molecule has 0 spiro atoms. The third-order valence-corrected chi connectivity index (χ3v) is 5.28. The van der Waals surface area contributed by atoms with Gasteiger partial charge in [0.1, 0.15) is 0 Å². The molecule has 31 heavy (non-hydrogen) atoms. The summed E-state index contributed by atoms with van der Waals surface area (Å²) in [5, 5.41) is 0. The van der Waals surface area contributed by atoms with Gasteiger partial charge in [-0.25, -0.2) is 0 Å². The standard InChI is InChI=1S/C30H23N/c1-4-10-24(11-5-1)26-16-20-29(21-17-26)31(28-14-8-3-9-15-28)30-22-18-27(19-23-30)25-12-6-2-7-13-25/h1-23H/i4T,6T,8T. The van der Waals surface area contributed by atoms with E-state index < -0.39 is 0 Å². The van der Waals surface area contributed by atoms with E-state index in [1.807, 2.05) is 54.6 Å². The zero-order valence-corrected chi connectivity index (χ0v) is 17.0. The van der Waals surface area contributed by atoms with Crippen molar-refractivity contribution in [3.8, 4) is 22.3 Å². The lowest BCUT2D eigenvalue weighted by molar-refractivity contribution is 1.28. The molecule has 0 heterocycles. The van der Waals surface area contributed by atoms with Crippen LogP contribution in [0.5, 0.6) is 0 Å². The lowest BCUT2D eigenvalue weighted by Gasteiger charge is -2.26. The highest BCUT2D eigenvalue weighted by Gasteiger charge is 2.12. The molecule has 148 valence electrons. The Morgan fingerprint density at radius 3 is 1.19 bits per heavy atom. The molecule has 1 nitrogen and oxygen atoms in total. The van der Waals surface area contributed by atoms with Crippen LogP contribution >= 0.6 is 0 Å². The maximum atomic E-state index is 8.13. The van der Waals surface area contributed by atoms with Crippen molar-refractivity contribution in [1.82, 2.24) is 0 Å². The molecule has 0 unspecified atom stereocenters. The van der Waals surface area contributed by atoms with E-state index in [2.05, 4.69) is 53.4 Å². The minimum Gasteiger partial charge on any atom is -0.311 e. The first-order valence-electron chi connectivity index (χ1n) is 11.8. The van der Waals surface area contributed by atoms with Crippen molar-refractivity contribution in [3.63, 3.8) is 0 Å². The van der Waals surface area contributed by atoms with Gasteiger partial charge in [0.15, 0.2) is 0 Å². The van der Waals surface area contributed by atoms with Gasteiger partial charge in [0, 0.05) is 17.1 Å². The van der Waals surface area contributed by atoms with Crippen molar-refractivity contribution in [2.75, 3.05) is 4.90 Å². The van der Waals surface area contributed by atoms with Gasteiger partial charge in [-0.1, -0.05) is 103 Å². The number of para-hydroxylation sites is 1. The van der Waals surface area contributed by atoms with E-state index in [4.69, 9.17) is 4.11 Å². The Morgan fingerprint density at radius 2 is 0.742 bits per heavy atom. The Kier molecular flexibility index (Phi) is 4.42. The second-order valence-electron chi connectivity index (χ2n) is 7.28. The monoisotopic (exact) mass is 403 g/mol. The van der Waals surface area contributed by atoms with Gasteiger partial charge in [0.05, 0.1) is 4.11 Å². The largest absolute Gasteiger partial charge is 0.311 e. The van der Waals surface area contributed by atoms with Crippen molar-refractivity contribution in [1.29, 1.82) is 0 Å². The Balaban J connectivity index is 1.54. The van der Waals surface area contributed by atoms with E-state index in [-0.39, 0.29) is 0 Å². The van der Waals surface area contributed by atoms with Crippen LogP contribution in [-0.4, -0.2) is 0 Å². The van der Waals surface area contributed by atoms with Crippen LogP contribution in [0.2, 0.25) is 0 Å². The van der Waals surface area contributed by atoms with E-state index in [1.165, 1.54) is 0 Å². The van der Waals surface area contributed by atoms with Gasteiger partial charge < -0.3 is 4.90 Å². The molecule has 0 atom stereocenters. The predicted octanol–water partition coefficient (Wildman–Crippen LogP) is 8.49. The molecular formula is C30H23N. The summed E-state index contributed by atoms with van der Waals surface area (Å²) in [7, 11) is 0. The molecular weight excluding hydrogens is 374 g/mol. The SMILES string of the molecule is [3H]c1cccc(-c2ccc(N(c3ccc(-c4cccc([3H])c4)cc3)c3cccc([3H])c3)cc2)c1. The van der Waals surface area contributed by atoms with Gasteiger partial charge in [-0.2, -0.15) is 0 Å². The van der Waals surface area contributed by atoms with Crippen LogP contribution in [0, 0.1) is 0 Å². The third kappa shape index (κ3) is 4.12. The molecule has 0 saturated carbocycles. The molecule has 0 bridgehead atoms. The van der Waals surface area contributed by atoms with Gasteiger partial charge in [-0.05, 0) is 58.7 Å². The van der Waals surface area contributed by atoms with Crippen LogP contribution in [0.4, 0.5) is 17.1 Å². The molecule has 0 fully saturated rings. The minimum absolute atomic E-state index is 0.454. The number of rotatable bonds is 5. The molecule has 0 radical (unpaired) electrons. The average Bonchev–Trinajstić information content (AvgIpc) is 2.85. The quantitative estimate of drug-likeness (QED) is 0.284. The number of benzene rings is 5. The smallest absolute Gasteiger partial charge is 0.0623 e. The highest BCUT2D eigenvalue weighted by atomic mass is 15.1. The summed E-state index contributed by atoms with van der Waals surface area (Å²) in [6.45, 7) is 0. The number of anilines is 3. The van der Waals surface area contributed by atoms with Crippen LogP contribution < -0.4 is 4.90 Å². The molecule has 0 aliphatic heterocycles. The van der Waals surface area contributed by atoms with Crippen LogP contribution in [0.3, 0.4) is 0 Å². The molecule has 0 aromatic heterocycles. The molecule has 5 aromatic rings. The molecule has 0 amide bonds. The zero-order valence-electron chi connectivity index (χ0n) is 20.0. The lowest BCUT2D eigenvalue weighted by Crippen LogP contribution is -2.09. The highest BCUT2D eigenvalue weighted by Crippen LogP contribution is 2.36. The average molecular weight is 404 g/mol. The van der Waals surface area contributed by atoms with Crippen LogP contribution in [-0.2, 0) is 0 Å². The number of hydrogen-bond acceptors (Lipinski definition) is 1. The molecule has 5 aromatic carbocycles. The van der Waals surface area contributed by atoms with E-state index in [1.54, 1.807) is 18.2 Å². The zero-order chi connectivity index (χ0) is 23.5. The van der Waals surface area contributed by atoms with Gasteiger partial charge in [0.25, 0.3) is 0 Å². The van der Waals surface area contributed by atoms with Crippen molar-refractivity contribution >= 4 is 17.1 Å². The Labute approximate surface area is 188 Å². The summed E-state index contributed by atoms with van der Waals surface area (Å²) >= 11 is 0. The second kappa shape index (κ2) is 8.73. The topological polar surface area (TPSA) is 3.24 Å². The first-order chi connectivity index (χ1) is 16.6. The predicted molar refractivity (Wildman–Crippen MR) is 132 cm³/mol. The number of hydrogen-bond donors (Lipinski definition) is 0. The summed E-state index contributed by atoms with van der Waals surface area (Å²) in [5.41, 5.74) is 7.01. The molecule has 5 rings (SSSR count). The van der Waals surface area contributed by atoms with Crippen LogP contribution in [0.1, 0.15) is 4.11 Å². The van der Waals surface area contributed by atoms with Crippen molar-refractivity contribution in [2.24, 2.45) is 0 Å².